The van der Waals surface area contributed by atoms with Crippen molar-refractivity contribution in [1.29, 1.82) is 0 Å². The summed E-state index contributed by atoms with van der Waals surface area (Å²) in [6.07, 6.45) is 1.52. The van der Waals surface area contributed by atoms with E-state index in [1.807, 2.05) is 30.3 Å². The summed E-state index contributed by atoms with van der Waals surface area (Å²) >= 11 is 0. The second-order valence-corrected chi connectivity index (χ2v) is 6.53. The molecule has 0 radical (unpaired) electrons. The third-order valence-electron chi connectivity index (χ3n) is 4.93. The summed E-state index contributed by atoms with van der Waals surface area (Å²) in [7, 11) is 0. The minimum atomic E-state index is -1.07. The van der Waals surface area contributed by atoms with E-state index in [0.717, 1.165) is 12.0 Å². The van der Waals surface area contributed by atoms with E-state index in [0.29, 0.717) is 38.9 Å². The van der Waals surface area contributed by atoms with Gasteiger partial charge < -0.3 is 15.3 Å². The summed E-state index contributed by atoms with van der Waals surface area (Å²) in [5, 5.41) is 12.1. The summed E-state index contributed by atoms with van der Waals surface area (Å²) < 4.78 is 0. The van der Waals surface area contributed by atoms with E-state index in [-0.39, 0.29) is 11.8 Å². The minimum Gasteiger partial charge on any atom is -0.465 e. The van der Waals surface area contributed by atoms with Crippen molar-refractivity contribution in [1.82, 2.24) is 15.1 Å². The Bertz CT molecular complexity index is 649. The summed E-state index contributed by atoms with van der Waals surface area (Å²) in [5.41, 5.74) is 1.000. The molecular weight excluding hydrogens is 322 g/mol. The van der Waals surface area contributed by atoms with Gasteiger partial charge >= 0.3 is 6.09 Å². The van der Waals surface area contributed by atoms with Crippen LogP contribution in [-0.2, 0) is 16.1 Å². The van der Waals surface area contributed by atoms with Gasteiger partial charge in [0.1, 0.15) is 12.1 Å². The van der Waals surface area contributed by atoms with Crippen molar-refractivity contribution >= 4 is 17.9 Å². The van der Waals surface area contributed by atoms with E-state index in [2.05, 4.69) is 5.32 Å². The van der Waals surface area contributed by atoms with Gasteiger partial charge in [-0.1, -0.05) is 30.3 Å². The van der Waals surface area contributed by atoms with E-state index in [4.69, 9.17) is 0 Å². The Kier molecular flexibility index (Phi) is 5.21. The minimum absolute atomic E-state index is 0.172. The van der Waals surface area contributed by atoms with E-state index in [1.165, 1.54) is 4.90 Å². The van der Waals surface area contributed by atoms with Gasteiger partial charge in [-0.15, -0.1) is 0 Å². The SMILES string of the molecule is O=C(NCc1ccccc1)[C@@H]1CCCN1C(=O)C1CCCN1C(=O)O. The molecule has 0 aliphatic carbocycles. The highest BCUT2D eigenvalue weighted by Crippen LogP contribution is 2.25. The maximum absolute atomic E-state index is 12.8. The summed E-state index contributed by atoms with van der Waals surface area (Å²) in [6.45, 7) is 1.31. The predicted molar refractivity (Wildman–Crippen MR) is 90.8 cm³/mol. The quantitative estimate of drug-likeness (QED) is 0.864. The number of hydrogen-bond donors (Lipinski definition) is 2. The lowest BCUT2D eigenvalue weighted by Gasteiger charge is -2.29. The van der Waals surface area contributed by atoms with Gasteiger partial charge in [0.2, 0.25) is 11.8 Å². The summed E-state index contributed by atoms with van der Waals surface area (Å²) in [6, 6.07) is 8.44. The van der Waals surface area contributed by atoms with Crippen molar-refractivity contribution in [2.45, 2.75) is 44.3 Å². The van der Waals surface area contributed by atoms with Gasteiger partial charge in [-0.25, -0.2) is 4.79 Å². The lowest BCUT2D eigenvalue weighted by Crippen LogP contribution is -2.52. The molecular formula is C18H23N3O4. The Hall–Kier alpha value is -2.57. The lowest BCUT2D eigenvalue weighted by molar-refractivity contribution is -0.141. The fourth-order valence-corrected chi connectivity index (χ4v) is 3.65. The molecule has 0 spiro atoms. The molecule has 1 aromatic rings. The van der Waals surface area contributed by atoms with Crippen molar-refractivity contribution in [2.75, 3.05) is 13.1 Å². The molecule has 0 bridgehead atoms. The Morgan fingerprint density at radius 1 is 1.00 bits per heavy atom. The zero-order chi connectivity index (χ0) is 17.8. The number of amides is 3. The lowest BCUT2D eigenvalue weighted by atomic mass is 10.1. The molecule has 2 heterocycles. The van der Waals surface area contributed by atoms with Crippen molar-refractivity contribution in [2.24, 2.45) is 0 Å². The number of hydrogen-bond acceptors (Lipinski definition) is 3. The molecule has 2 aliphatic rings. The fraction of sp³-hybridized carbons (Fsp3) is 0.500. The van der Waals surface area contributed by atoms with Gasteiger partial charge in [-0.05, 0) is 31.2 Å². The topological polar surface area (TPSA) is 90.0 Å². The number of nitrogens with zero attached hydrogens (tertiary/aromatic N) is 2. The summed E-state index contributed by atoms with van der Waals surface area (Å²) in [5.74, 6) is -0.410. The monoisotopic (exact) mass is 345 g/mol. The van der Waals surface area contributed by atoms with Crippen LogP contribution in [-0.4, -0.2) is 58.0 Å². The van der Waals surface area contributed by atoms with E-state index >= 15 is 0 Å². The first kappa shape index (κ1) is 17.3. The molecule has 1 aromatic carbocycles. The number of rotatable bonds is 4. The number of carbonyl (C=O) groups excluding carboxylic acids is 2. The Morgan fingerprint density at radius 2 is 1.64 bits per heavy atom. The van der Waals surface area contributed by atoms with Crippen molar-refractivity contribution in [3.05, 3.63) is 35.9 Å². The highest BCUT2D eigenvalue weighted by Gasteiger charge is 2.42. The second-order valence-electron chi connectivity index (χ2n) is 6.53. The smallest absolute Gasteiger partial charge is 0.407 e. The molecule has 2 aliphatic heterocycles. The number of benzene rings is 1. The number of carbonyl (C=O) groups is 3. The Morgan fingerprint density at radius 3 is 2.32 bits per heavy atom. The first-order chi connectivity index (χ1) is 12.1. The van der Waals surface area contributed by atoms with Gasteiger partial charge in [0.15, 0.2) is 0 Å². The zero-order valence-corrected chi connectivity index (χ0v) is 14.1. The van der Waals surface area contributed by atoms with Crippen LogP contribution in [0, 0.1) is 0 Å². The first-order valence-corrected chi connectivity index (χ1v) is 8.69. The fourth-order valence-electron chi connectivity index (χ4n) is 3.65. The Balaban J connectivity index is 1.62. The van der Waals surface area contributed by atoms with Gasteiger partial charge in [-0.2, -0.15) is 0 Å². The average Bonchev–Trinajstić information content (AvgIpc) is 3.29. The molecule has 7 nitrogen and oxygen atoms in total. The molecule has 0 aromatic heterocycles. The molecule has 7 heteroatoms. The molecule has 134 valence electrons. The van der Waals surface area contributed by atoms with Crippen LogP contribution in [0.3, 0.4) is 0 Å². The Labute approximate surface area is 146 Å². The van der Waals surface area contributed by atoms with Gasteiger partial charge in [0.05, 0.1) is 0 Å². The third-order valence-corrected chi connectivity index (χ3v) is 4.93. The molecule has 2 saturated heterocycles. The highest BCUT2D eigenvalue weighted by atomic mass is 16.4. The molecule has 3 rings (SSSR count). The van der Waals surface area contributed by atoms with Gasteiger partial charge in [0, 0.05) is 19.6 Å². The maximum Gasteiger partial charge on any atom is 0.407 e. The second kappa shape index (κ2) is 7.55. The van der Waals surface area contributed by atoms with Crippen LogP contribution in [0.25, 0.3) is 0 Å². The van der Waals surface area contributed by atoms with Crippen LogP contribution in [0.4, 0.5) is 4.79 Å². The normalized spacial score (nSPS) is 22.9. The molecule has 1 unspecified atom stereocenters. The van der Waals surface area contributed by atoms with Gasteiger partial charge in [0.25, 0.3) is 0 Å². The molecule has 2 fully saturated rings. The van der Waals surface area contributed by atoms with Crippen LogP contribution >= 0.6 is 0 Å². The van der Waals surface area contributed by atoms with Crippen LogP contribution in [0.15, 0.2) is 30.3 Å². The molecule has 0 saturated carbocycles. The number of likely N-dealkylation sites (tertiary alicyclic amines) is 2. The number of nitrogens with one attached hydrogen (secondary N) is 1. The van der Waals surface area contributed by atoms with Crippen molar-refractivity contribution in [3.8, 4) is 0 Å². The molecule has 2 atom stereocenters. The highest BCUT2D eigenvalue weighted by molar-refractivity contribution is 5.92. The largest absolute Gasteiger partial charge is 0.465 e. The van der Waals surface area contributed by atoms with E-state index in [1.54, 1.807) is 4.90 Å². The number of carboxylic acid groups (broad SMARTS) is 1. The standard InChI is InChI=1S/C18H23N3O4/c22-16(19-12-13-6-2-1-3-7-13)14-8-4-10-20(14)17(23)15-9-5-11-21(15)18(24)25/h1-3,6-7,14-15H,4-5,8-12H2,(H,19,22)(H,24,25)/t14-,15?/m0/s1. The van der Waals surface area contributed by atoms with Crippen LogP contribution in [0.1, 0.15) is 31.2 Å². The zero-order valence-electron chi connectivity index (χ0n) is 14.1. The van der Waals surface area contributed by atoms with Gasteiger partial charge in [-0.3, -0.25) is 14.5 Å². The first-order valence-electron chi connectivity index (χ1n) is 8.69. The van der Waals surface area contributed by atoms with Crippen LogP contribution < -0.4 is 5.32 Å². The average molecular weight is 345 g/mol. The molecule has 3 amide bonds. The van der Waals surface area contributed by atoms with E-state index < -0.39 is 18.2 Å². The van der Waals surface area contributed by atoms with Crippen LogP contribution in [0.5, 0.6) is 0 Å². The van der Waals surface area contributed by atoms with Crippen LogP contribution in [0.2, 0.25) is 0 Å². The van der Waals surface area contributed by atoms with Crippen molar-refractivity contribution < 1.29 is 19.5 Å². The third kappa shape index (κ3) is 3.75. The predicted octanol–water partition coefficient (Wildman–Crippen LogP) is 1.44. The maximum atomic E-state index is 12.8. The van der Waals surface area contributed by atoms with E-state index in [9.17, 15) is 19.5 Å². The molecule has 2 N–H and O–H groups in total. The molecule has 25 heavy (non-hydrogen) atoms. The summed E-state index contributed by atoms with van der Waals surface area (Å²) in [4.78, 5) is 39.4. The van der Waals surface area contributed by atoms with Crippen molar-refractivity contribution in [3.63, 3.8) is 0 Å².